The van der Waals surface area contributed by atoms with Gasteiger partial charge in [-0.3, -0.25) is 0 Å². The Labute approximate surface area is 194 Å². The summed E-state index contributed by atoms with van der Waals surface area (Å²) in [6.07, 6.45) is 4.34. The molecule has 2 N–H and O–H groups in total. The van der Waals surface area contributed by atoms with Crippen molar-refractivity contribution >= 4 is 28.7 Å². The molecule has 0 amide bonds. The third-order valence-electron chi connectivity index (χ3n) is 5.75. The van der Waals surface area contributed by atoms with Crippen LogP contribution in [-0.4, -0.2) is 18.9 Å². The van der Waals surface area contributed by atoms with Gasteiger partial charge in [0, 0.05) is 40.0 Å². The molecular formula is C27H29FN2OS. The molecule has 0 radical (unpaired) electrons. The molecule has 0 aromatic heterocycles. The van der Waals surface area contributed by atoms with Crippen molar-refractivity contribution in [1.29, 1.82) is 0 Å². The summed E-state index contributed by atoms with van der Waals surface area (Å²) in [5, 5.41) is 7.22. The third kappa shape index (κ3) is 4.49. The van der Waals surface area contributed by atoms with Gasteiger partial charge in [-0.25, -0.2) is 4.39 Å². The molecule has 0 saturated heterocycles. The van der Waals surface area contributed by atoms with E-state index in [0.29, 0.717) is 12.3 Å². The molecule has 3 aromatic carbocycles. The Bertz CT molecular complexity index is 1170. The van der Waals surface area contributed by atoms with Crippen LogP contribution in [0.25, 0.3) is 16.7 Å². The maximum atomic E-state index is 13.9. The summed E-state index contributed by atoms with van der Waals surface area (Å²) < 4.78 is 19.4. The van der Waals surface area contributed by atoms with Crippen LogP contribution in [0.15, 0.2) is 65.6 Å². The number of thioether (sulfide) groups is 1. The molecule has 1 heterocycles. The van der Waals surface area contributed by atoms with E-state index in [1.54, 1.807) is 24.9 Å². The van der Waals surface area contributed by atoms with Gasteiger partial charge in [-0.05, 0) is 86.2 Å². The molecule has 0 aliphatic carbocycles. The number of hydrogen-bond donors (Lipinski definition) is 2. The number of fused-ring (bicyclic) bond motifs is 1. The summed E-state index contributed by atoms with van der Waals surface area (Å²) in [5.74, 6) is 0.220. The van der Waals surface area contributed by atoms with E-state index in [-0.39, 0.29) is 11.4 Å². The number of rotatable bonds is 6. The highest BCUT2D eigenvalue weighted by Crippen LogP contribution is 2.42. The Morgan fingerprint density at radius 1 is 1.03 bits per heavy atom. The van der Waals surface area contributed by atoms with E-state index in [4.69, 9.17) is 4.74 Å². The predicted octanol–water partition coefficient (Wildman–Crippen LogP) is 7.44. The monoisotopic (exact) mass is 448 g/mol. The van der Waals surface area contributed by atoms with Crippen LogP contribution in [0.3, 0.4) is 0 Å². The normalized spacial score (nSPS) is 14.2. The molecule has 1 aliphatic rings. The highest BCUT2D eigenvalue weighted by Gasteiger charge is 2.26. The van der Waals surface area contributed by atoms with Crippen molar-refractivity contribution in [3.63, 3.8) is 0 Å². The minimum Gasteiger partial charge on any atom is -0.496 e. The van der Waals surface area contributed by atoms with Gasteiger partial charge in [0.05, 0.1) is 12.6 Å². The van der Waals surface area contributed by atoms with Crippen LogP contribution in [0.4, 0.5) is 15.8 Å². The molecule has 32 heavy (non-hydrogen) atoms. The van der Waals surface area contributed by atoms with Gasteiger partial charge in [-0.15, -0.1) is 11.8 Å². The number of nitrogens with one attached hydrogen (secondary N) is 2. The lowest BCUT2D eigenvalue weighted by molar-refractivity contribution is 0.413. The van der Waals surface area contributed by atoms with E-state index < -0.39 is 0 Å². The van der Waals surface area contributed by atoms with Crippen LogP contribution in [-0.2, 0) is 6.54 Å². The van der Waals surface area contributed by atoms with Crippen molar-refractivity contribution in [2.75, 3.05) is 24.0 Å². The first-order valence-corrected chi connectivity index (χ1v) is 11.9. The molecule has 166 valence electrons. The molecule has 0 saturated carbocycles. The molecular weight excluding hydrogens is 419 g/mol. The fourth-order valence-corrected chi connectivity index (χ4v) is 4.83. The van der Waals surface area contributed by atoms with Crippen molar-refractivity contribution in [3.8, 4) is 16.9 Å². The van der Waals surface area contributed by atoms with Crippen LogP contribution in [0, 0.1) is 5.82 Å². The van der Waals surface area contributed by atoms with Crippen LogP contribution < -0.4 is 15.4 Å². The van der Waals surface area contributed by atoms with Crippen molar-refractivity contribution in [1.82, 2.24) is 0 Å². The maximum Gasteiger partial charge on any atom is 0.129 e. The predicted molar refractivity (Wildman–Crippen MR) is 135 cm³/mol. The lowest BCUT2D eigenvalue weighted by Gasteiger charge is -2.33. The number of halogens is 1. The van der Waals surface area contributed by atoms with Crippen molar-refractivity contribution < 1.29 is 9.13 Å². The third-order valence-corrected chi connectivity index (χ3v) is 6.50. The molecule has 5 heteroatoms. The van der Waals surface area contributed by atoms with Crippen LogP contribution in [0.2, 0.25) is 0 Å². The Morgan fingerprint density at radius 2 is 1.75 bits per heavy atom. The van der Waals surface area contributed by atoms with Crippen LogP contribution >= 0.6 is 11.8 Å². The lowest BCUT2D eigenvalue weighted by Crippen LogP contribution is -2.32. The second kappa shape index (κ2) is 8.91. The molecule has 1 aliphatic heterocycles. The number of anilines is 2. The van der Waals surface area contributed by atoms with Crippen molar-refractivity contribution in [2.45, 2.75) is 37.8 Å². The average molecular weight is 449 g/mol. The number of hydrogen-bond acceptors (Lipinski definition) is 4. The molecule has 3 nitrogen and oxygen atoms in total. The van der Waals surface area contributed by atoms with Gasteiger partial charge in [0.15, 0.2) is 0 Å². The van der Waals surface area contributed by atoms with Gasteiger partial charge in [-0.1, -0.05) is 12.1 Å². The summed E-state index contributed by atoms with van der Waals surface area (Å²) in [6.45, 7) is 7.12. The van der Waals surface area contributed by atoms with Gasteiger partial charge in [0.25, 0.3) is 0 Å². The summed E-state index contributed by atoms with van der Waals surface area (Å²) in [7, 11) is 1.58. The first-order valence-electron chi connectivity index (χ1n) is 10.7. The first-order chi connectivity index (χ1) is 15.3. The lowest BCUT2D eigenvalue weighted by atomic mass is 9.85. The molecule has 3 aromatic rings. The number of allylic oxidation sites excluding steroid dienone is 1. The van der Waals surface area contributed by atoms with Gasteiger partial charge in [0.2, 0.25) is 0 Å². The summed E-state index contributed by atoms with van der Waals surface area (Å²) in [6, 6.07) is 17.4. The zero-order chi connectivity index (χ0) is 22.9. The van der Waals surface area contributed by atoms with Gasteiger partial charge in [-0.2, -0.15) is 0 Å². The molecule has 0 bridgehead atoms. The molecule has 4 rings (SSSR count). The quantitative estimate of drug-likeness (QED) is 0.384. The highest BCUT2D eigenvalue weighted by atomic mass is 32.2. The minimum atomic E-state index is -0.309. The van der Waals surface area contributed by atoms with Gasteiger partial charge < -0.3 is 15.4 Å². The Balaban J connectivity index is 1.82. The van der Waals surface area contributed by atoms with Gasteiger partial charge >= 0.3 is 0 Å². The van der Waals surface area contributed by atoms with E-state index >= 15 is 0 Å². The Kier molecular flexibility index (Phi) is 6.20. The van der Waals surface area contributed by atoms with E-state index in [2.05, 4.69) is 80.1 Å². The average Bonchev–Trinajstić information content (AvgIpc) is 2.77. The Hall–Kier alpha value is -2.92. The first kappa shape index (κ1) is 22.3. The van der Waals surface area contributed by atoms with Gasteiger partial charge in [0.1, 0.15) is 11.6 Å². The highest BCUT2D eigenvalue weighted by molar-refractivity contribution is 7.98. The fourth-order valence-electron chi connectivity index (χ4n) is 4.42. The SMILES string of the molecule is COc1cc(F)ccc1-c1ccc2c(c1CNc1ccc(SC)cc1)C(C)=CC(C)(C)N2. The smallest absolute Gasteiger partial charge is 0.129 e. The molecule has 0 atom stereocenters. The molecule has 0 spiro atoms. The van der Waals surface area contributed by atoms with E-state index in [1.807, 2.05) is 0 Å². The van der Waals surface area contributed by atoms with Crippen LogP contribution in [0.1, 0.15) is 31.9 Å². The number of methoxy groups -OCH3 is 1. The zero-order valence-electron chi connectivity index (χ0n) is 19.2. The summed E-state index contributed by atoms with van der Waals surface area (Å²) in [4.78, 5) is 1.23. The summed E-state index contributed by atoms with van der Waals surface area (Å²) >= 11 is 1.73. The topological polar surface area (TPSA) is 33.3 Å². The minimum absolute atomic E-state index is 0.121. The fraction of sp³-hybridized carbons (Fsp3) is 0.259. The zero-order valence-corrected chi connectivity index (χ0v) is 20.0. The number of benzene rings is 3. The van der Waals surface area contributed by atoms with Crippen LogP contribution in [0.5, 0.6) is 5.75 Å². The second-order valence-corrected chi connectivity index (χ2v) is 9.49. The standard InChI is InChI=1S/C27H29FN2OS/c1-17-15-27(2,3)30-24-13-12-21(22-11-6-18(28)14-25(22)31-4)23(26(17)24)16-29-19-7-9-20(32-5)10-8-19/h6-15,29-30H,16H2,1-5H3. The van der Waals surface area contributed by atoms with Crippen molar-refractivity contribution in [3.05, 3.63) is 77.6 Å². The van der Waals surface area contributed by atoms with Crippen molar-refractivity contribution in [2.24, 2.45) is 0 Å². The summed E-state index contributed by atoms with van der Waals surface area (Å²) in [5.41, 5.74) is 7.51. The van der Waals surface area contributed by atoms with E-state index in [9.17, 15) is 4.39 Å². The molecule has 0 fully saturated rings. The van der Waals surface area contributed by atoms with E-state index in [0.717, 1.165) is 28.1 Å². The molecule has 0 unspecified atom stereocenters. The largest absolute Gasteiger partial charge is 0.496 e. The Morgan fingerprint density at radius 3 is 2.44 bits per heavy atom. The number of ether oxygens (including phenoxy) is 1. The maximum absolute atomic E-state index is 13.9. The second-order valence-electron chi connectivity index (χ2n) is 8.61. The van der Waals surface area contributed by atoms with E-state index in [1.165, 1.54) is 28.2 Å².